The summed E-state index contributed by atoms with van der Waals surface area (Å²) in [6.07, 6.45) is -1.19. The number of rotatable bonds is 1. The number of aliphatic hydroxyl groups excluding tert-OH is 2. The smallest absolute Gasteiger partial charge is 0.0900 e. The van der Waals surface area contributed by atoms with Crippen molar-refractivity contribution in [1.82, 2.24) is 4.90 Å². The number of ether oxygens (including phenoxy) is 5. The van der Waals surface area contributed by atoms with Gasteiger partial charge in [0.15, 0.2) is 0 Å². The molecule has 1 fully saturated rings. The van der Waals surface area contributed by atoms with Crippen molar-refractivity contribution >= 4 is 0 Å². The molecule has 0 bridgehead atoms. The summed E-state index contributed by atoms with van der Waals surface area (Å²) >= 11 is 0. The second-order valence-corrected chi connectivity index (χ2v) is 5.65. The highest BCUT2D eigenvalue weighted by Crippen LogP contribution is 1.98. The van der Waals surface area contributed by atoms with E-state index in [2.05, 4.69) is 0 Å². The van der Waals surface area contributed by atoms with Gasteiger partial charge in [-0.2, -0.15) is 0 Å². The van der Waals surface area contributed by atoms with E-state index in [-0.39, 0.29) is 13.2 Å². The Balaban J connectivity index is 2.31. The van der Waals surface area contributed by atoms with Crippen molar-refractivity contribution in [2.75, 3.05) is 85.7 Å². The first-order valence-corrected chi connectivity index (χ1v) is 8.69. The van der Waals surface area contributed by atoms with Gasteiger partial charge in [-0.15, -0.1) is 0 Å². The zero-order chi connectivity index (χ0) is 17.5. The number of nitrogens with zero attached hydrogens (tertiary/aromatic N) is 1. The van der Waals surface area contributed by atoms with Gasteiger partial charge in [0.1, 0.15) is 0 Å². The minimum Gasteiger partial charge on any atom is -0.389 e. The molecule has 2 atom stereocenters. The molecule has 24 heavy (non-hydrogen) atoms. The predicted octanol–water partition coefficient (Wildman–Crippen LogP) is -0.873. The van der Waals surface area contributed by atoms with Gasteiger partial charge < -0.3 is 33.9 Å². The molecule has 8 heteroatoms. The van der Waals surface area contributed by atoms with E-state index in [0.717, 1.165) is 6.54 Å². The normalized spacial score (nSPS) is 29.1. The third kappa shape index (κ3) is 12.1. The van der Waals surface area contributed by atoms with Crippen LogP contribution >= 0.6 is 0 Å². The van der Waals surface area contributed by atoms with Gasteiger partial charge in [0.2, 0.25) is 0 Å². The molecule has 0 aromatic heterocycles. The molecule has 2 unspecified atom stereocenters. The maximum absolute atomic E-state index is 10.0. The SMILES string of the molecule is CCN1CC(O)COCCOCCOCCOCCOCC(O)C1. The lowest BCUT2D eigenvalue weighted by atomic mass is 10.3. The fourth-order valence-corrected chi connectivity index (χ4v) is 2.25. The van der Waals surface area contributed by atoms with Crippen LogP contribution in [-0.2, 0) is 23.7 Å². The van der Waals surface area contributed by atoms with Gasteiger partial charge >= 0.3 is 0 Å². The van der Waals surface area contributed by atoms with Crippen LogP contribution < -0.4 is 0 Å². The highest BCUT2D eigenvalue weighted by molar-refractivity contribution is 4.67. The van der Waals surface area contributed by atoms with Crippen molar-refractivity contribution in [2.24, 2.45) is 0 Å². The van der Waals surface area contributed by atoms with E-state index in [1.165, 1.54) is 0 Å². The largest absolute Gasteiger partial charge is 0.389 e. The Morgan fingerprint density at radius 1 is 0.667 bits per heavy atom. The molecule has 0 saturated carbocycles. The van der Waals surface area contributed by atoms with Gasteiger partial charge in [0, 0.05) is 13.1 Å². The van der Waals surface area contributed by atoms with Crippen LogP contribution in [0.4, 0.5) is 0 Å². The molecule has 8 nitrogen and oxygen atoms in total. The Hall–Kier alpha value is -0.320. The molecule has 1 heterocycles. The maximum Gasteiger partial charge on any atom is 0.0900 e. The van der Waals surface area contributed by atoms with Crippen molar-refractivity contribution in [3.8, 4) is 0 Å². The first-order valence-electron chi connectivity index (χ1n) is 8.69. The highest BCUT2D eigenvalue weighted by Gasteiger charge is 2.15. The van der Waals surface area contributed by atoms with Crippen LogP contribution in [0.1, 0.15) is 6.92 Å². The van der Waals surface area contributed by atoms with Crippen molar-refractivity contribution in [3.63, 3.8) is 0 Å². The molecule has 1 aliphatic heterocycles. The third-order valence-electron chi connectivity index (χ3n) is 3.49. The Bertz CT molecular complexity index is 259. The van der Waals surface area contributed by atoms with E-state index >= 15 is 0 Å². The summed E-state index contributed by atoms with van der Waals surface area (Å²) in [7, 11) is 0. The second-order valence-electron chi connectivity index (χ2n) is 5.65. The standard InChI is InChI=1S/C16H33NO7/c1-2-17-11-15(18)13-23-9-7-21-5-3-20-4-6-22-8-10-24-14-16(19)12-17/h15-16,18-19H,2-14H2,1H3. The van der Waals surface area contributed by atoms with Crippen molar-refractivity contribution in [1.29, 1.82) is 0 Å². The van der Waals surface area contributed by atoms with Crippen LogP contribution in [0, 0.1) is 0 Å². The van der Waals surface area contributed by atoms with Gasteiger partial charge in [-0.3, -0.25) is 4.90 Å². The van der Waals surface area contributed by atoms with E-state index in [1.807, 2.05) is 11.8 Å². The van der Waals surface area contributed by atoms with Crippen LogP contribution in [-0.4, -0.2) is 113 Å². The molecule has 0 spiro atoms. The number of hydrogen-bond donors (Lipinski definition) is 2. The number of hydrogen-bond acceptors (Lipinski definition) is 8. The van der Waals surface area contributed by atoms with E-state index < -0.39 is 12.2 Å². The lowest BCUT2D eigenvalue weighted by Gasteiger charge is -2.26. The first-order chi connectivity index (χ1) is 11.7. The average Bonchev–Trinajstić information content (AvgIpc) is 2.56. The van der Waals surface area contributed by atoms with E-state index in [9.17, 15) is 10.2 Å². The Labute approximate surface area is 144 Å². The summed E-state index contributed by atoms with van der Waals surface area (Å²) in [5.41, 5.74) is 0. The molecule has 2 N–H and O–H groups in total. The fourth-order valence-electron chi connectivity index (χ4n) is 2.25. The Morgan fingerprint density at radius 3 is 1.33 bits per heavy atom. The molecule has 1 aliphatic rings. The van der Waals surface area contributed by atoms with Gasteiger partial charge in [0.05, 0.1) is 78.3 Å². The van der Waals surface area contributed by atoms with Gasteiger partial charge in [-0.1, -0.05) is 6.92 Å². The summed E-state index contributed by atoms with van der Waals surface area (Å²) in [4.78, 5) is 1.98. The molecule has 0 amide bonds. The van der Waals surface area contributed by atoms with Crippen LogP contribution in [0.3, 0.4) is 0 Å². The second kappa shape index (κ2) is 15.0. The minimum atomic E-state index is -0.597. The van der Waals surface area contributed by atoms with Crippen molar-refractivity contribution < 1.29 is 33.9 Å². The molecule has 1 rings (SSSR count). The molecular weight excluding hydrogens is 318 g/mol. The van der Waals surface area contributed by atoms with Gasteiger partial charge in [-0.05, 0) is 6.54 Å². The summed E-state index contributed by atoms with van der Waals surface area (Å²) in [6, 6.07) is 0. The summed E-state index contributed by atoms with van der Waals surface area (Å²) in [5.74, 6) is 0. The van der Waals surface area contributed by atoms with E-state index in [0.29, 0.717) is 65.9 Å². The summed E-state index contributed by atoms with van der Waals surface area (Å²) in [6.45, 7) is 7.99. The Kier molecular flexibility index (Phi) is 13.6. The number of aliphatic hydroxyl groups is 2. The van der Waals surface area contributed by atoms with Gasteiger partial charge in [-0.25, -0.2) is 0 Å². The summed E-state index contributed by atoms with van der Waals surface area (Å²) in [5, 5.41) is 20.0. The molecular formula is C16H33NO7. The molecule has 144 valence electrons. The topological polar surface area (TPSA) is 89.9 Å². The fraction of sp³-hybridized carbons (Fsp3) is 1.00. The highest BCUT2D eigenvalue weighted by atomic mass is 16.6. The third-order valence-corrected chi connectivity index (χ3v) is 3.49. The molecule has 0 aliphatic carbocycles. The monoisotopic (exact) mass is 351 g/mol. The Morgan fingerprint density at radius 2 is 1.00 bits per heavy atom. The van der Waals surface area contributed by atoms with Crippen molar-refractivity contribution in [3.05, 3.63) is 0 Å². The zero-order valence-corrected chi connectivity index (χ0v) is 14.7. The van der Waals surface area contributed by atoms with E-state index in [4.69, 9.17) is 23.7 Å². The summed E-state index contributed by atoms with van der Waals surface area (Å²) < 4.78 is 26.9. The van der Waals surface area contributed by atoms with E-state index in [1.54, 1.807) is 0 Å². The quantitative estimate of drug-likeness (QED) is 0.630. The van der Waals surface area contributed by atoms with Gasteiger partial charge in [0.25, 0.3) is 0 Å². The van der Waals surface area contributed by atoms with Crippen molar-refractivity contribution in [2.45, 2.75) is 19.1 Å². The van der Waals surface area contributed by atoms with Crippen LogP contribution in [0.25, 0.3) is 0 Å². The van der Waals surface area contributed by atoms with Crippen LogP contribution in [0.2, 0.25) is 0 Å². The molecule has 0 aromatic carbocycles. The predicted molar refractivity (Wildman–Crippen MR) is 88.2 cm³/mol. The number of likely N-dealkylation sites (N-methyl/N-ethyl adjacent to an activating group) is 1. The molecule has 0 aromatic rings. The zero-order valence-electron chi connectivity index (χ0n) is 14.7. The lowest BCUT2D eigenvalue weighted by Crippen LogP contribution is -2.41. The average molecular weight is 351 g/mol. The lowest BCUT2D eigenvalue weighted by molar-refractivity contribution is -0.0410. The molecule has 0 radical (unpaired) electrons. The maximum atomic E-state index is 10.0. The van der Waals surface area contributed by atoms with Crippen LogP contribution in [0.15, 0.2) is 0 Å². The molecule has 1 saturated heterocycles. The minimum absolute atomic E-state index is 0.250. The first kappa shape index (κ1) is 21.7. The number of β-amino-alcohol motifs (C(OH)–C–C–N with tert-alkyl or cyclic N) is 2. The van der Waals surface area contributed by atoms with Crippen LogP contribution in [0.5, 0.6) is 0 Å².